The summed E-state index contributed by atoms with van der Waals surface area (Å²) in [5.74, 6) is -0.612. The van der Waals surface area contributed by atoms with Gasteiger partial charge in [-0.1, -0.05) is 19.1 Å². The van der Waals surface area contributed by atoms with E-state index in [1.54, 1.807) is 26.0 Å². The van der Waals surface area contributed by atoms with Crippen LogP contribution in [0.1, 0.15) is 43.9 Å². The maximum atomic E-state index is 12.8. The predicted molar refractivity (Wildman–Crippen MR) is 135 cm³/mol. The van der Waals surface area contributed by atoms with Crippen molar-refractivity contribution in [1.29, 1.82) is 0 Å². The van der Waals surface area contributed by atoms with Gasteiger partial charge < -0.3 is 19.7 Å². The van der Waals surface area contributed by atoms with E-state index in [0.29, 0.717) is 29.9 Å². The maximum absolute atomic E-state index is 12.8. The second kappa shape index (κ2) is 12.3. The quantitative estimate of drug-likeness (QED) is 0.470. The van der Waals surface area contributed by atoms with E-state index in [2.05, 4.69) is 20.4 Å². The highest BCUT2D eigenvalue weighted by atomic mass is 35.5. The number of halogens is 4. The van der Waals surface area contributed by atoms with Crippen molar-refractivity contribution in [1.82, 2.24) is 15.2 Å². The van der Waals surface area contributed by atoms with Crippen LogP contribution in [0.2, 0.25) is 0 Å². The van der Waals surface area contributed by atoms with Crippen molar-refractivity contribution >= 4 is 36.1 Å². The molecule has 0 fully saturated rings. The van der Waals surface area contributed by atoms with Gasteiger partial charge in [-0.05, 0) is 44.0 Å². The number of rotatable bonds is 8. The first-order valence-corrected chi connectivity index (χ1v) is 11.4. The van der Waals surface area contributed by atoms with Gasteiger partial charge in [0.2, 0.25) is 11.8 Å². The molecule has 0 saturated heterocycles. The van der Waals surface area contributed by atoms with E-state index in [4.69, 9.17) is 4.74 Å². The van der Waals surface area contributed by atoms with Gasteiger partial charge in [0.05, 0.1) is 12.1 Å². The zero-order valence-electron chi connectivity index (χ0n) is 20.9. The Labute approximate surface area is 219 Å². The van der Waals surface area contributed by atoms with Crippen LogP contribution in [0.15, 0.2) is 36.5 Å². The SMILES string of the molecule is CCCOc1c(CN(C)C(=O)/C=C/c2cnc3c(c2)CNC(C)(C)C(=O)N3)cccc1OC(F)(F)F.Cl. The normalized spacial score (nSPS) is 14.7. The van der Waals surface area contributed by atoms with Crippen LogP contribution < -0.4 is 20.1 Å². The van der Waals surface area contributed by atoms with Gasteiger partial charge in [0.15, 0.2) is 11.5 Å². The number of hydrogen-bond acceptors (Lipinski definition) is 6. The lowest BCUT2D eigenvalue weighted by Gasteiger charge is -2.21. The summed E-state index contributed by atoms with van der Waals surface area (Å²) in [4.78, 5) is 30.6. The minimum absolute atomic E-state index is 0. The number of likely N-dealkylation sites (N-methyl/N-ethyl adjacent to an activating group) is 1. The molecule has 0 atom stereocenters. The van der Waals surface area contributed by atoms with Crippen molar-refractivity contribution in [2.75, 3.05) is 19.0 Å². The molecular formula is C25H30ClF3N4O4. The summed E-state index contributed by atoms with van der Waals surface area (Å²) in [7, 11) is 1.53. The molecule has 0 bridgehead atoms. The van der Waals surface area contributed by atoms with Gasteiger partial charge in [-0.15, -0.1) is 25.6 Å². The number of hydrogen-bond donors (Lipinski definition) is 2. The zero-order chi connectivity index (χ0) is 26.5. The molecule has 37 heavy (non-hydrogen) atoms. The van der Waals surface area contributed by atoms with Gasteiger partial charge in [0.25, 0.3) is 0 Å². The Kier molecular flexibility index (Phi) is 9.93. The maximum Gasteiger partial charge on any atom is 0.573 e. The second-order valence-electron chi connectivity index (χ2n) is 8.88. The average molecular weight is 543 g/mol. The lowest BCUT2D eigenvalue weighted by molar-refractivity contribution is -0.275. The van der Waals surface area contributed by atoms with Gasteiger partial charge in [-0.25, -0.2) is 4.98 Å². The van der Waals surface area contributed by atoms with E-state index in [-0.39, 0.29) is 43.1 Å². The Morgan fingerprint density at radius 1 is 1.30 bits per heavy atom. The van der Waals surface area contributed by atoms with E-state index in [1.807, 2.05) is 13.0 Å². The number of fused-ring (bicyclic) bond motifs is 1. The molecule has 8 nitrogen and oxygen atoms in total. The van der Waals surface area contributed by atoms with Crippen LogP contribution in [0.4, 0.5) is 19.0 Å². The standard InChI is InChI=1S/C25H29F3N4O4.ClH/c1-5-11-35-21-17(7-6-8-19(21)36-25(26,27)28)15-32(4)20(33)10-9-16-12-18-14-30-24(2,3)23(34)31-22(18)29-13-16;/h6-10,12-13,30H,5,11,14-15H2,1-4H3,(H,29,31,34);1H/b10-9+;. The lowest BCUT2D eigenvalue weighted by Crippen LogP contribution is -2.47. The molecule has 0 aliphatic carbocycles. The number of carbonyl (C=O) groups is 2. The fraction of sp³-hybridized carbons (Fsp3) is 0.400. The summed E-state index contributed by atoms with van der Waals surface area (Å²) in [5, 5.41) is 5.94. The topological polar surface area (TPSA) is 92.8 Å². The molecule has 0 unspecified atom stereocenters. The summed E-state index contributed by atoms with van der Waals surface area (Å²) < 4.78 is 48.1. The Morgan fingerprint density at radius 2 is 2.03 bits per heavy atom. The van der Waals surface area contributed by atoms with Crippen LogP contribution in [-0.2, 0) is 22.7 Å². The predicted octanol–water partition coefficient (Wildman–Crippen LogP) is 4.68. The van der Waals surface area contributed by atoms with Crippen molar-refractivity contribution in [2.45, 2.75) is 52.2 Å². The van der Waals surface area contributed by atoms with E-state index in [0.717, 1.165) is 5.56 Å². The van der Waals surface area contributed by atoms with Crippen LogP contribution in [0.5, 0.6) is 11.5 Å². The third kappa shape index (κ3) is 8.09. The van der Waals surface area contributed by atoms with Gasteiger partial charge in [0, 0.05) is 43.5 Å². The summed E-state index contributed by atoms with van der Waals surface area (Å²) >= 11 is 0. The monoisotopic (exact) mass is 542 g/mol. The molecule has 0 saturated carbocycles. The first kappa shape index (κ1) is 29.9. The third-order valence-corrected chi connectivity index (χ3v) is 5.45. The van der Waals surface area contributed by atoms with Gasteiger partial charge in [-0.3, -0.25) is 14.9 Å². The summed E-state index contributed by atoms with van der Waals surface area (Å²) in [6.45, 7) is 5.99. The van der Waals surface area contributed by atoms with Crippen molar-refractivity contribution in [2.24, 2.45) is 0 Å². The molecule has 2 amide bonds. The van der Waals surface area contributed by atoms with Crippen LogP contribution in [0.25, 0.3) is 6.08 Å². The molecule has 2 heterocycles. The van der Waals surface area contributed by atoms with E-state index < -0.39 is 17.7 Å². The number of amides is 2. The first-order valence-electron chi connectivity index (χ1n) is 11.4. The fourth-order valence-corrected chi connectivity index (χ4v) is 3.41. The number of carbonyl (C=O) groups excluding carboxylic acids is 2. The van der Waals surface area contributed by atoms with Crippen LogP contribution in [0, 0.1) is 0 Å². The largest absolute Gasteiger partial charge is 0.573 e. The Hall–Kier alpha value is -3.31. The molecule has 2 N–H and O–H groups in total. The number of aromatic nitrogens is 1. The number of anilines is 1. The number of alkyl halides is 3. The molecule has 0 spiro atoms. The molecule has 3 rings (SSSR count). The van der Waals surface area contributed by atoms with Crippen molar-refractivity contribution in [3.8, 4) is 11.5 Å². The number of ether oxygens (including phenoxy) is 2. The van der Waals surface area contributed by atoms with Crippen LogP contribution >= 0.6 is 12.4 Å². The van der Waals surface area contributed by atoms with Crippen molar-refractivity contribution < 1.29 is 32.2 Å². The molecule has 1 aromatic heterocycles. The number of benzene rings is 1. The number of pyridine rings is 1. The fourth-order valence-electron chi connectivity index (χ4n) is 3.41. The van der Waals surface area contributed by atoms with E-state index in [9.17, 15) is 22.8 Å². The summed E-state index contributed by atoms with van der Waals surface area (Å²) in [6, 6.07) is 5.99. The molecule has 1 aliphatic rings. The second-order valence-corrected chi connectivity index (χ2v) is 8.88. The molecule has 202 valence electrons. The number of para-hydroxylation sites is 1. The molecule has 1 aliphatic heterocycles. The van der Waals surface area contributed by atoms with E-state index >= 15 is 0 Å². The molecule has 12 heteroatoms. The van der Waals surface area contributed by atoms with Crippen LogP contribution in [-0.4, -0.2) is 47.3 Å². The third-order valence-electron chi connectivity index (χ3n) is 5.45. The average Bonchev–Trinajstić information content (AvgIpc) is 2.91. The van der Waals surface area contributed by atoms with Crippen molar-refractivity contribution in [3.05, 3.63) is 53.2 Å². The molecule has 2 aromatic rings. The van der Waals surface area contributed by atoms with Gasteiger partial charge >= 0.3 is 6.36 Å². The Morgan fingerprint density at radius 3 is 2.70 bits per heavy atom. The highest BCUT2D eigenvalue weighted by Gasteiger charge is 2.33. The Bertz CT molecular complexity index is 1160. The number of nitrogens with zero attached hydrogens (tertiary/aromatic N) is 2. The number of nitrogens with one attached hydrogen (secondary N) is 2. The van der Waals surface area contributed by atoms with Gasteiger partial charge in [0.1, 0.15) is 5.82 Å². The summed E-state index contributed by atoms with van der Waals surface area (Å²) in [5.41, 5.74) is 1.05. The van der Waals surface area contributed by atoms with E-state index in [1.165, 1.54) is 36.4 Å². The molecule has 1 aromatic carbocycles. The highest BCUT2D eigenvalue weighted by molar-refractivity contribution is 5.98. The smallest absolute Gasteiger partial charge is 0.489 e. The minimum atomic E-state index is -4.87. The van der Waals surface area contributed by atoms with Crippen molar-refractivity contribution in [3.63, 3.8) is 0 Å². The molecule has 0 radical (unpaired) electrons. The highest BCUT2D eigenvalue weighted by Crippen LogP contribution is 2.36. The first-order chi connectivity index (χ1) is 16.9. The van der Waals surface area contributed by atoms with Gasteiger partial charge in [-0.2, -0.15) is 0 Å². The molecular weight excluding hydrogens is 513 g/mol. The minimum Gasteiger partial charge on any atom is -0.489 e. The Balaban J connectivity index is 0.00000481. The van der Waals surface area contributed by atoms with Crippen LogP contribution in [0.3, 0.4) is 0 Å². The lowest BCUT2D eigenvalue weighted by atomic mass is 10.1. The summed E-state index contributed by atoms with van der Waals surface area (Å²) in [6.07, 6.45) is 0.183. The zero-order valence-corrected chi connectivity index (χ0v) is 21.8.